The summed E-state index contributed by atoms with van der Waals surface area (Å²) in [6, 6.07) is 8.19. The molecule has 0 spiro atoms. The SMILES string of the molecule is CCNC(=S)Nc1ccc(-c2nnc3n2CCCCC3)cc1. The molecule has 0 bridgehead atoms. The summed E-state index contributed by atoms with van der Waals surface area (Å²) in [5.41, 5.74) is 2.07. The number of aryl methyl sites for hydroxylation is 1. The summed E-state index contributed by atoms with van der Waals surface area (Å²) < 4.78 is 2.26. The van der Waals surface area contributed by atoms with Crippen molar-refractivity contribution in [1.29, 1.82) is 0 Å². The maximum atomic E-state index is 5.19. The van der Waals surface area contributed by atoms with Gasteiger partial charge in [0.05, 0.1) is 0 Å². The average Bonchev–Trinajstić information content (AvgIpc) is 2.77. The van der Waals surface area contributed by atoms with E-state index in [1.165, 1.54) is 19.3 Å². The molecule has 1 aromatic carbocycles. The van der Waals surface area contributed by atoms with E-state index in [9.17, 15) is 0 Å². The molecule has 0 fully saturated rings. The number of nitrogens with zero attached hydrogens (tertiary/aromatic N) is 3. The summed E-state index contributed by atoms with van der Waals surface area (Å²) in [5, 5.41) is 15.6. The molecule has 6 heteroatoms. The van der Waals surface area contributed by atoms with Gasteiger partial charge in [0.15, 0.2) is 10.9 Å². The van der Waals surface area contributed by atoms with Gasteiger partial charge >= 0.3 is 0 Å². The first-order chi connectivity index (χ1) is 10.8. The van der Waals surface area contributed by atoms with Gasteiger partial charge in [-0.1, -0.05) is 6.42 Å². The summed E-state index contributed by atoms with van der Waals surface area (Å²) in [7, 11) is 0. The third-order valence-corrected chi connectivity index (χ3v) is 4.09. The number of aromatic nitrogens is 3. The second-order valence-electron chi connectivity index (χ2n) is 5.46. The molecule has 0 amide bonds. The second-order valence-corrected chi connectivity index (χ2v) is 5.87. The van der Waals surface area contributed by atoms with Crippen LogP contribution in [0.25, 0.3) is 11.4 Å². The van der Waals surface area contributed by atoms with Crippen LogP contribution in [0.3, 0.4) is 0 Å². The molecular formula is C16H21N5S. The van der Waals surface area contributed by atoms with Gasteiger partial charge in [-0.3, -0.25) is 0 Å². The molecule has 5 nitrogen and oxygen atoms in total. The number of hydrogen-bond acceptors (Lipinski definition) is 3. The van der Waals surface area contributed by atoms with Crippen LogP contribution >= 0.6 is 12.2 Å². The van der Waals surface area contributed by atoms with Crippen molar-refractivity contribution in [2.45, 2.75) is 39.2 Å². The van der Waals surface area contributed by atoms with Crippen LogP contribution in [-0.4, -0.2) is 26.4 Å². The molecule has 3 rings (SSSR count). The molecule has 2 N–H and O–H groups in total. The fourth-order valence-corrected chi connectivity index (χ4v) is 3.00. The molecule has 2 heterocycles. The Morgan fingerprint density at radius 1 is 1.18 bits per heavy atom. The minimum Gasteiger partial charge on any atom is -0.363 e. The number of thiocarbonyl (C=S) groups is 1. The molecule has 0 saturated carbocycles. The van der Waals surface area contributed by atoms with Gasteiger partial charge in [0, 0.05) is 30.8 Å². The van der Waals surface area contributed by atoms with E-state index in [1.54, 1.807) is 0 Å². The Balaban J connectivity index is 1.78. The zero-order valence-corrected chi connectivity index (χ0v) is 13.6. The Bertz CT molecular complexity index is 647. The lowest BCUT2D eigenvalue weighted by Gasteiger charge is -2.10. The van der Waals surface area contributed by atoms with E-state index in [-0.39, 0.29) is 0 Å². The molecule has 1 aliphatic rings. The summed E-state index contributed by atoms with van der Waals surface area (Å²) in [6.45, 7) is 3.85. The Morgan fingerprint density at radius 2 is 2.00 bits per heavy atom. The minimum absolute atomic E-state index is 0.645. The second kappa shape index (κ2) is 6.87. The first-order valence-corrected chi connectivity index (χ1v) is 8.26. The van der Waals surface area contributed by atoms with Crippen molar-refractivity contribution >= 4 is 23.0 Å². The number of anilines is 1. The average molecular weight is 315 g/mol. The number of nitrogens with one attached hydrogen (secondary N) is 2. The van der Waals surface area contributed by atoms with Gasteiger partial charge in [0.2, 0.25) is 0 Å². The minimum atomic E-state index is 0.645. The number of rotatable bonds is 3. The van der Waals surface area contributed by atoms with Crippen LogP contribution < -0.4 is 10.6 Å². The van der Waals surface area contributed by atoms with Gasteiger partial charge in [-0.15, -0.1) is 10.2 Å². The third-order valence-electron chi connectivity index (χ3n) is 3.85. The Morgan fingerprint density at radius 3 is 2.77 bits per heavy atom. The largest absolute Gasteiger partial charge is 0.363 e. The molecule has 1 aromatic heterocycles. The summed E-state index contributed by atoms with van der Waals surface area (Å²) >= 11 is 5.19. The Hall–Kier alpha value is -1.95. The van der Waals surface area contributed by atoms with Gasteiger partial charge in [-0.05, 0) is 56.2 Å². The summed E-state index contributed by atoms with van der Waals surface area (Å²) in [6.07, 6.45) is 4.72. The van der Waals surface area contributed by atoms with E-state index in [0.29, 0.717) is 5.11 Å². The topological polar surface area (TPSA) is 54.8 Å². The van der Waals surface area contributed by atoms with Crippen LogP contribution in [0.4, 0.5) is 5.69 Å². The molecule has 1 aliphatic heterocycles. The number of fused-ring (bicyclic) bond motifs is 1. The lowest BCUT2D eigenvalue weighted by atomic mass is 10.2. The van der Waals surface area contributed by atoms with Gasteiger partial charge in [-0.25, -0.2) is 0 Å². The van der Waals surface area contributed by atoms with E-state index < -0.39 is 0 Å². The van der Waals surface area contributed by atoms with E-state index in [4.69, 9.17) is 12.2 Å². The van der Waals surface area contributed by atoms with Crippen molar-refractivity contribution in [2.75, 3.05) is 11.9 Å². The molecule has 0 radical (unpaired) electrons. The normalized spacial score (nSPS) is 14.0. The van der Waals surface area contributed by atoms with Crippen LogP contribution in [0.2, 0.25) is 0 Å². The van der Waals surface area contributed by atoms with Gasteiger partial charge in [0.1, 0.15) is 5.82 Å². The quantitative estimate of drug-likeness (QED) is 0.853. The van der Waals surface area contributed by atoms with Crippen molar-refractivity contribution in [3.8, 4) is 11.4 Å². The van der Waals surface area contributed by atoms with Gasteiger partial charge in [-0.2, -0.15) is 0 Å². The van der Waals surface area contributed by atoms with Crippen molar-refractivity contribution in [1.82, 2.24) is 20.1 Å². The molecule has 2 aromatic rings. The molecular weight excluding hydrogens is 294 g/mol. The smallest absolute Gasteiger partial charge is 0.170 e. The predicted octanol–water partition coefficient (Wildman–Crippen LogP) is 2.98. The lowest BCUT2D eigenvalue weighted by Crippen LogP contribution is -2.27. The lowest BCUT2D eigenvalue weighted by molar-refractivity contribution is 0.636. The molecule has 116 valence electrons. The van der Waals surface area contributed by atoms with Crippen molar-refractivity contribution < 1.29 is 0 Å². The van der Waals surface area contributed by atoms with Crippen molar-refractivity contribution in [3.05, 3.63) is 30.1 Å². The zero-order valence-electron chi connectivity index (χ0n) is 12.8. The molecule has 0 atom stereocenters. The monoisotopic (exact) mass is 315 g/mol. The summed E-state index contributed by atoms with van der Waals surface area (Å²) in [4.78, 5) is 0. The molecule has 0 unspecified atom stereocenters. The van der Waals surface area contributed by atoms with E-state index in [1.807, 2.05) is 19.1 Å². The van der Waals surface area contributed by atoms with Crippen LogP contribution in [0.1, 0.15) is 32.0 Å². The van der Waals surface area contributed by atoms with Crippen LogP contribution in [-0.2, 0) is 13.0 Å². The fraction of sp³-hybridized carbons (Fsp3) is 0.438. The zero-order chi connectivity index (χ0) is 15.4. The predicted molar refractivity (Wildman–Crippen MR) is 92.9 cm³/mol. The number of benzene rings is 1. The standard InChI is InChI=1S/C16H21N5S/c1-2-17-16(22)18-13-9-7-12(8-10-13)15-20-19-14-6-4-3-5-11-21(14)15/h7-10H,2-6,11H2,1H3,(H2,17,18,22). The first kappa shape index (κ1) is 15.0. The van der Waals surface area contributed by atoms with E-state index >= 15 is 0 Å². The maximum absolute atomic E-state index is 5.19. The highest BCUT2D eigenvalue weighted by atomic mass is 32.1. The van der Waals surface area contributed by atoms with Crippen LogP contribution in [0.5, 0.6) is 0 Å². The third kappa shape index (κ3) is 3.27. The highest BCUT2D eigenvalue weighted by Gasteiger charge is 2.15. The fourth-order valence-electron chi connectivity index (χ4n) is 2.74. The highest BCUT2D eigenvalue weighted by molar-refractivity contribution is 7.80. The van der Waals surface area contributed by atoms with Crippen LogP contribution in [0.15, 0.2) is 24.3 Å². The Labute approximate surface area is 136 Å². The van der Waals surface area contributed by atoms with E-state index in [2.05, 4.69) is 37.5 Å². The Kier molecular flexibility index (Phi) is 4.68. The van der Waals surface area contributed by atoms with Crippen LogP contribution in [0, 0.1) is 0 Å². The van der Waals surface area contributed by atoms with Crippen molar-refractivity contribution in [2.24, 2.45) is 0 Å². The molecule has 22 heavy (non-hydrogen) atoms. The summed E-state index contributed by atoms with van der Waals surface area (Å²) in [5.74, 6) is 2.08. The van der Waals surface area contributed by atoms with Crippen molar-refractivity contribution in [3.63, 3.8) is 0 Å². The van der Waals surface area contributed by atoms with E-state index in [0.717, 1.165) is 42.4 Å². The number of hydrogen-bond donors (Lipinski definition) is 2. The molecule has 0 aliphatic carbocycles. The highest BCUT2D eigenvalue weighted by Crippen LogP contribution is 2.23. The molecule has 0 saturated heterocycles. The van der Waals surface area contributed by atoms with Gasteiger partial charge in [0.25, 0.3) is 0 Å². The first-order valence-electron chi connectivity index (χ1n) is 7.85. The maximum Gasteiger partial charge on any atom is 0.170 e. The van der Waals surface area contributed by atoms with Gasteiger partial charge < -0.3 is 15.2 Å².